The maximum atomic E-state index is 10.2. The van der Waals surface area contributed by atoms with Crippen molar-refractivity contribution in [2.75, 3.05) is 7.11 Å². The Bertz CT molecular complexity index is 1620. The number of fused-ring (bicyclic) bond motifs is 2. The smallest absolute Gasteiger partial charge is 0.160 e. The molecular formula is C30H24N4O3. The molecule has 7 nitrogen and oxygen atoms in total. The van der Waals surface area contributed by atoms with Crippen LogP contribution >= 0.6 is 0 Å². The van der Waals surface area contributed by atoms with E-state index in [0.717, 1.165) is 33.4 Å². The van der Waals surface area contributed by atoms with E-state index in [1.807, 2.05) is 85.1 Å². The highest BCUT2D eigenvalue weighted by molar-refractivity contribution is 6.14. The average molecular weight is 489 g/mol. The van der Waals surface area contributed by atoms with Crippen LogP contribution in [0.25, 0.3) is 10.9 Å². The zero-order valence-electron chi connectivity index (χ0n) is 20.1. The van der Waals surface area contributed by atoms with Crippen molar-refractivity contribution in [1.29, 1.82) is 0 Å². The Morgan fingerprint density at radius 2 is 1.70 bits per heavy atom. The summed E-state index contributed by atoms with van der Waals surface area (Å²) in [6.45, 7) is 0. The van der Waals surface area contributed by atoms with Gasteiger partial charge >= 0.3 is 0 Å². The van der Waals surface area contributed by atoms with Crippen LogP contribution in [-0.4, -0.2) is 29.0 Å². The van der Waals surface area contributed by atoms with Crippen LogP contribution in [0.15, 0.2) is 118 Å². The zero-order valence-corrected chi connectivity index (χ0v) is 20.1. The number of aliphatic imine (C=N–C) groups is 1. The number of aromatic nitrogens is 1. The second kappa shape index (κ2) is 9.62. The molecule has 2 heterocycles. The third-order valence-corrected chi connectivity index (χ3v) is 6.38. The molecule has 37 heavy (non-hydrogen) atoms. The number of nitrogens with one attached hydrogen (secondary N) is 1. The topological polar surface area (TPSA) is 91.6 Å². The minimum absolute atomic E-state index is 0.0493. The van der Waals surface area contributed by atoms with Crippen molar-refractivity contribution in [2.24, 2.45) is 15.2 Å². The van der Waals surface area contributed by atoms with Crippen molar-refractivity contribution in [3.05, 3.63) is 114 Å². The van der Waals surface area contributed by atoms with Gasteiger partial charge in [0.05, 0.1) is 18.5 Å². The third-order valence-electron chi connectivity index (χ3n) is 6.38. The number of rotatable bonds is 5. The predicted octanol–water partition coefficient (Wildman–Crippen LogP) is 7.29. The SMILES string of the molecule is COc1cc(C2Oc3ccccc3N=C(c3c[nH]c4ccccc34)C2N=Nc2ccccc2)ccc1O. The van der Waals surface area contributed by atoms with Gasteiger partial charge in [-0.2, -0.15) is 10.2 Å². The molecule has 0 saturated heterocycles. The first-order valence-corrected chi connectivity index (χ1v) is 11.9. The molecular weight excluding hydrogens is 464 g/mol. The molecule has 0 amide bonds. The van der Waals surface area contributed by atoms with E-state index in [0.29, 0.717) is 17.2 Å². The number of azo groups is 1. The lowest BCUT2D eigenvalue weighted by atomic mass is 9.94. The zero-order chi connectivity index (χ0) is 25.2. The van der Waals surface area contributed by atoms with E-state index in [2.05, 4.69) is 16.2 Å². The van der Waals surface area contributed by atoms with Crippen LogP contribution in [-0.2, 0) is 0 Å². The van der Waals surface area contributed by atoms with E-state index in [4.69, 9.17) is 19.6 Å². The minimum Gasteiger partial charge on any atom is -0.504 e. The number of H-pyrrole nitrogens is 1. The summed E-state index contributed by atoms with van der Waals surface area (Å²) in [5.74, 6) is 1.03. The van der Waals surface area contributed by atoms with Crippen LogP contribution in [0, 0.1) is 0 Å². The summed E-state index contributed by atoms with van der Waals surface area (Å²) in [4.78, 5) is 8.46. The van der Waals surface area contributed by atoms with Crippen molar-refractivity contribution in [1.82, 2.24) is 4.98 Å². The first-order chi connectivity index (χ1) is 18.2. The van der Waals surface area contributed by atoms with Gasteiger partial charge in [0.1, 0.15) is 11.4 Å². The summed E-state index contributed by atoms with van der Waals surface area (Å²) in [6, 6.07) is 29.9. The lowest BCUT2D eigenvalue weighted by Gasteiger charge is -2.24. The molecule has 0 spiro atoms. The van der Waals surface area contributed by atoms with Crippen molar-refractivity contribution < 1.29 is 14.6 Å². The molecule has 2 N–H and O–H groups in total. The van der Waals surface area contributed by atoms with E-state index in [1.165, 1.54) is 7.11 Å². The van der Waals surface area contributed by atoms with E-state index >= 15 is 0 Å². The van der Waals surface area contributed by atoms with Gasteiger partial charge in [-0.05, 0) is 48.0 Å². The van der Waals surface area contributed by atoms with Gasteiger partial charge in [0.25, 0.3) is 0 Å². The van der Waals surface area contributed by atoms with Gasteiger partial charge in [-0.1, -0.05) is 54.6 Å². The monoisotopic (exact) mass is 488 g/mol. The highest BCUT2D eigenvalue weighted by atomic mass is 16.5. The van der Waals surface area contributed by atoms with Crippen molar-refractivity contribution in [3.63, 3.8) is 0 Å². The molecule has 2 atom stereocenters. The van der Waals surface area contributed by atoms with Gasteiger partial charge in [-0.25, -0.2) is 4.99 Å². The van der Waals surface area contributed by atoms with Gasteiger partial charge in [0.2, 0.25) is 0 Å². The quantitative estimate of drug-likeness (QED) is 0.255. The highest BCUT2D eigenvalue weighted by Gasteiger charge is 2.35. The number of hydrogen-bond acceptors (Lipinski definition) is 6. The number of methoxy groups -OCH3 is 1. The Labute approximate surface area is 213 Å². The molecule has 2 unspecified atom stereocenters. The molecule has 1 aliphatic heterocycles. The molecule has 182 valence electrons. The molecule has 6 rings (SSSR count). The Hall–Kier alpha value is -4.91. The van der Waals surface area contributed by atoms with Crippen LogP contribution in [0.5, 0.6) is 17.2 Å². The van der Waals surface area contributed by atoms with Crippen LogP contribution in [0.3, 0.4) is 0 Å². The van der Waals surface area contributed by atoms with Crippen LogP contribution in [0.4, 0.5) is 11.4 Å². The van der Waals surface area contributed by atoms with Crippen molar-refractivity contribution in [2.45, 2.75) is 12.1 Å². The number of nitrogens with zero attached hydrogens (tertiary/aromatic N) is 3. The molecule has 7 heteroatoms. The highest BCUT2D eigenvalue weighted by Crippen LogP contribution is 2.41. The molecule has 1 aromatic heterocycles. The Morgan fingerprint density at radius 1 is 0.919 bits per heavy atom. The lowest BCUT2D eigenvalue weighted by molar-refractivity contribution is 0.198. The van der Waals surface area contributed by atoms with Gasteiger partial charge in [0.15, 0.2) is 23.6 Å². The number of benzene rings is 4. The van der Waals surface area contributed by atoms with Crippen LogP contribution in [0.2, 0.25) is 0 Å². The predicted molar refractivity (Wildman–Crippen MR) is 144 cm³/mol. The minimum atomic E-state index is -0.610. The maximum Gasteiger partial charge on any atom is 0.160 e. The number of aromatic hydroxyl groups is 1. The summed E-state index contributed by atoms with van der Waals surface area (Å²) in [6.07, 6.45) is 1.36. The number of ether oxygens (including phenoxy) is 2. The number of phenols is 1. The van der Waals surface area contributed by atoms with E-state index in [1.54, 1.807) is 12.1 Å². The van der Waals surface area contributed by atoms with E-state index in [-0.39, 0.29) is 5.75 Å². The summed E-state index contributed by atoms with van der Waals surface area (Å²) in [7, 11) is 1.52. The summed E-state index contributed by atoms with van der Waals surface area (Å²) in [5, 5.41) is 20.7. The summed E-state index contributed by atoms with van der Waals surface area (Å²) < 4.78 is 12.0. The van der Waals surface area contributed by atoms with Gasteiger partial charge in [0, 0.05) is 22.7 Å². The largest absolute Gasteiger partial charge is 0.504 e. The van der Waals surface area contributed by atoms with Gasteiger partial charge < -0.3 is 19.6 Å². The van der Waals surface area contributed by atoms with Crippen molar-refractivity contribution >= 4 is 28.0 Å². The summed E-state index contributed by atoms with van der Waals surface area (Å²) in [5.41, 5.74) is 4.85. The molecule has 0 radical (unpaired) electrons. The first kappa shape index (κ1) is 22.5. The Kier molecular flexibility index (Phi) is 5.86. The fourth-order valence-corrected chi connectivity index (χ4v) is 4.55. The maximum absolute atomic E-state index is 10.2. The molecule has 0 fully saturated rings. The number of para-hydroxylation sites is 3. The van der Waals surface area contributed by atoms with Gasteiger partial charge in [-0.15, -0.1) is 0 Å². The average Bonchev–Trinajstić information content (AvgIpc) is 3.30. The second-order valence-corrected chi connectivity index (χ2v) is 8.68. The van der Waals surface area contributed by atoms with E-state index in [9.17, 15) is 5.11 Å². The fraction of sp³-hybridized carbons (Fsp3) is 0.100. The van der Waals surface area contributed by atoms with Crippen LogP contribution < -0.4 is 9.47 Å². The molecule has 0 bridgehead atoms. The Morgan fingerprint density at radius 3 is 2.57 bits per heavy atom. The fourth-order valence-electron chi connectivity index (χ4n) is 4.55. The van der Waals surface area contributed by atoms with Crippen LogP contribution in [0.1, 0.15) is 17.2 Å². The first-order valence-electron chi connectivity index (χ1n) is 11.9. The standard InChI is InChI=1S/C30H24N4O3/c1-36-27-17-19(15-16-25(27)35)30-29(34-33-20-9-3-2-4-10-20)28(32-24-13-7-8-14-26(24)37-30)22-18-31-23-12-6-5-11-21(22)23/h2-18,29-31,35H,1H3. The molecule has 5 aromatic rings. The van der Waals surface area contributed by atoms with Crippen molar-refractivity contribution in [3.8, 4) is 17.2 Å². The molecule has 4 aromatic carbocycles. The molecule has 0 aliphatic carbocycles. The number of phenolic OH excluding ortho intramolecular Hbond substituents is 1. The third kappa shape index (κ3) is 4.31. The second-order valence-electron chi connectivity index (χ2n) is 8.68. The molecule has 1 aliphatic rings. The van der Waals surface area contributed by atoms with E-state index < -0.39 is 12.1 Å². The lowest BCUT2D eigenvalue weighted by Crippen LogP contribution is -2.29. The van der Waals surface area contributed by atoms with Gasteiger partial charge in [-0.3, -0.25) is 0 Å². The number of hydrogen-bond donors (Lipinski definition) is 2. The summed E-state index contributed by atoms with van der Waals surface area (Å²) >= 11 is 0. The Balaban J connectivity index is 1.58. The number of aromatic amines is 1. The molecule has 0 saturated carbocycles. The normalized spacial score (nSPS) is 17.2.